The Morgan fingerprint density at radius 3 is 2.83 bits per heavy atom. The molecule has 7 heteroatoms. The first-order chi connectivity index (χ1) is 11.2. The quantitative estimate of drug-likeness (QED) is 0.881. The zero-order valence-corrected chi connectivity index (χ0v) is 12.8. The SMILES string of the molecule is N#CC1CCN(c2cccnc2O[C@H]2C[C@H](NC(=O)O)C2)CC1. The predicted octanol–water partition coefficient (Wildman–Crippen LogP) is 2.00. The van der Waals surface area contributed by atoms with Gasteiger partial charge in [0.05, 0.1) is 11.8 Å². The van der Waals surface area contributed by atoms with Crippen molar-refractivity contribution in [3.63, 3.8) is 0 Å². The van der Waals surface area contributed by atoms with Crippen molar-refractivity contribution in [1.29, 1.82) is 5.26 Å². The van der Waals surface area contributed by atoms with E-state index in [-0.39, 0.29) is 18.1 Å². The molecular weight excluding hydrogens is 296 g/mol. The van der Waals surface area contributed by atoms with Gasteiger partial charge < -0.3 is 20.1 Å². The molecule has 1 aliphatic heterocycles. The Bertz CT molecular complexity index is 602. The second-order valence-corrected chi connectivity index (χ2v) is 6.08. The third-order valence-corrected chi connectivity index (χ3v) is 4.47. The highest BCUT2D eigenvalue weighted by Crippen LogP contribution is 2.33. The average Bonchev–Trinajstić information content (AvgIpc) is 2.53. The number of anilines is 1. The second-order valence-electron chi connectivity index (χ2n) is 6.08. The number of nitrogens with zero attached hydrogens (tertiary/aromatic N) is 3. The van der Waals surface area contributed by atoms with Crippen LogP contribution in [0.1, 0.15) is 25.7 Å². The third-order valence-electron chi connectivity index (χ3n) is 4.47. The van der Waals surface area contributed by atoms with Crippen LogP contribution in [-0.4, -0.2) is 41.4 Å². The van der Waals surface area contributed by atoms with Gasteiger partial charge in [-0.15, -0.1) is 0 Å². The summed E-state index contributed by atoms with van der Waals surface area (Å²) >= 11 is 0. The molecule has 1 amide bonds. The van der Waals surface area contributed by atoms with Crippen LogP contribution in [0.4, 0.5) is 10.5 Å². The number of nitriles is 1. The van der Waals surface area contributed by atoms with Crippen molar-refractivity contribution < 1.29 is 14.6 Å². The molecule has 0 aromatic carbocycles. The number of carboxylic acid groups (broad SMARTS) is 1. The van der Waals surface area contributed by atoms with Crippen LogP contribution >= 0.6 is 0 Å². The highest BCUT2D eigenvalue weighted by atomic mass is 16.5. The summed E-state index contributed by atoms with van der Waals surface area (Å²) in [4.78, 5) is 17.1. The number of hydrogen-bond donors (Lipinski definition) is 2. The Morgan fingerprint density at radius 2 is 2.17 bits per heavy atom. The lowest BCUT2D eigenvalue weighted by molar-refractivity contribution is 0.0796. The topological polar surface area (TPSA) is 98.5 Å². The van der Waals surface area contributed by atoms with Gasteiger partial charge in [0.15, 0.2) is 0 Å². The smallest absolute Gasteiger partial charge is 0.404 e. The highest BCUT2D eigenvalue weighted by Gasteiger charge is 2.33. The van der Waals surface area contributed by atoms with Crippen LogP contribution in [0.2, 0.25) is 0 Å². The first-order valence-electron chi connectivity index (χ1n) is 7.91. The Labute approximate surface area is 134 Å². The number of rotatable bonds is 4. The number of hydrogen-bond acceptors (Lipinski definition) is 5. The van der Waals surface area contributed by atoms with Crippen molar-refractivity contribution in [2.24, 2.45) is 5.92 Å². The van der Waals surface area contributed by atoms with E-state index in [1.807, 2.05) is 12.1 Å². The Kier molecular flexibility index (Phi) is 4.51. The molecule has 1 aliphatic carbocycles. The minimum atomic E-state index is -0.993. The molecule has 2 aliphatic rings. The van der Waals surface area contributed by atoms with Crippen LogP contribution in [0, 0.1) is 17.2 Å². The molecule has 0 unspecified atom stereocenters. The van der Waals surface area contributed by atoms with E-state index in [0.29, 0.717) is 18.7 Å². The van der Waals surface area contributed by atoms with Gasteiger partial charge >= 0.3 is 6.09 Å². The van der Waals surface area contributed by atoms with Crippen LogP contribution in [0.15, 0.2) is 18.3 Å². The molecule has 3 rings (SSSR count). The van der Waals surface area contributed by atoms with Gasteiger partial charge in [-0.05, 0) is 25.0 Å². The molecule has 2 N–H and O–H groups in total. The molecule has 7 nitrogen and oxygen atoms in total. The summed E-state index contributed by atoms with van der Waals surface area (Å²) in [7, 11) is 0. The number of nitrogens with one attached hydrogen (secondary N) is 1. The zero-order chi connectivity index (χ0) is 16.2. The molecule has 0 bridgehead atoms. The summed E-state index contributed by atoms with van der Waals surface area (Å²) in [5, 5.41) is 20.1. The van der Waals surface area contributed by atoms with Crippen LogP contribution in [0.25, 0.3) is 0 Å². The molecule has 0 spiro atoms. The molecule has 1 saturated heterocycles. The Balaban J connectivity index is 1.59. The molecule has 1 aromatic heterocycles. The van der Waals surface area contributed by atoms with Crippen molar-refractivity contribution in [3.05, 3.63) is 18.3 Å². The van der Waals surface area contributed by atoms with Gasteiger partial charge in [-0.1, -0.05) is 0 Å². The average molecular weight is 316 g/mol. The van der Waals surface area contributed by atoms with E-state index in [4.69, 9.17) is 15.1 Å². The van der Waals surface area contributed by atoms with Crippen molar-refractivity contribution in [3.8, 4) is 11.9 Å². The standard InChI is InChI=1S/C16H20N4O3/c17-10-11-3-6-20(7-4-11)14-2-1-5-18-15(14)23-13-8-12(9-13)19-16(21)22/h1-2,5,11-13,19H,3-4,6-9H2,(H,21,22)/t12-,13-. The molecule has 2 heterocycles. The van der Waals surface area contributed by atoms with Gasteiger partial charge in [-0.2, -0.15) is 5.26 Å². The number of piperidine rings is 1. The van der Waals surface area contributed by atoms with Gasteiger partial charge in [0.1, 0.15) is 6.10 Å². The summed E-state index contributed by atoms with van der Waals surface area (Å²) in [6, 6.07) is 6.17. The fourth-order valence-corrected chi connectivity index (χ4v) is 3.08. The van der Waals surface area contributed by atoms with Gasteiger partial charge in [-0.25, -0.2) is 9.78 Å². The molecule has 1 saturated carbocycles. The number of pyridine rings is 1. The first-order valence-corrected chi connectivity index (χ1v) is 7.91. The van der Waals surface area contributed by atoms with Gasteiger partial charge in [0, 0.05) is 44.1 Å². The van der Waals surface area contributed by atoms with Gasteiger partial charge in [0.2, 0.25) is 5.88 Å². The Morgan fingerprint density at radius 1 is 1.43 bits per heavy atom. The molecule has 0 radical (unpaired) electrons. The van der Waals surface area contributed by atoms with Gasteiger partial charge in [0.25, 0.3) is 0 Å². The molecule has 122 valence electrons. The monoisotopic (exact) mass is 316 g/mol. The molecule has 0 atom stereocenters. The third kappa shape index (κ3) is 3.65. The van der Waals surface area contributed by atoms with E-state index in [9.17, 15) is 4.79 Å². The fourth-order valence-electron chi connectivity index (χ4n) is 3.08. The largest absolute Gasteiger partial charge is 0.473 e. The van der Waals surface area contributed by atoms with Crippen molar-refractivity contribution in [2.75, 3.05) is 18.0 Å². The summed E-state index contributed by atoms with van der Waals surface area (Å²) in [6.07, 6.45) is 3.76. The van der Waals surface area contributed by atoms with Gasteiger partial charge in [-0.3, -0.25) is 0 Å². The van der Waals surface area contributed by atoms with Crippen LogP contribution in [0.5, 0.6) is 5.88 Å². The molecule has 2 fully saturated rings. The molecule has 1 aromatic rings. The van der Waals surface area contributed by atoms with E-state index >= 15 is 0 Å². The number of aromatic nitrogens is 1. The van der Waals surface area contributed by atoms with Crippen molar-refractivity contribution in [1.82, 2.24) is 10.3 Å². The van der Waals surface area contributed by atoms with E-state index in [1.54, 1.807) is 6.20 Å². The summed E-state index contributed by atoms with van der Waals surface area (Å²) in [5.74, 6) is 0.739. The van der Waals surface area contributed by atoms with E-state index in [2.05, 4.69) is 21.3 Å². The van der Waals surface area contributed by atoms with Crippen LogP contribution in [-0.2, 0) is 0 Å². The summed E-state index contributed by atoms with van der Waals surface area (Å²) < 4.78 is 5.95. The zero-order valence-electron chi connectivity index (χ0n) is 12.8. The number of carbonyl (C=O) groups is 1. The van der Waals surface area contributed by atoms with Crippen LogP contribution in [0.3, 0.4) is 0 Å². The minimum Gasteiger partial charge on any atom is -0.473 e. The Hall–Kier alpha value is -2.49. The highest BCUT2D eigenvalue weighted by molar-refractivity contribution is 5.65. The predicted molar refractivity (Wildman–Crippen MR) is 83.4 cm³/mol. The van der Waals surface area contributed by atoms with E-state index in [1.165, 1.54) is 0 Å². The maximum absolute atomic E-state index is 10.6. The minimum absolute atomic E-state index is 0.00264. The lowest BCUT2D eigenvalue weighted by Crippen LogP contribution is -2.48. The first kappa shape index (κ1) is 15.4. The van der Waals surface area contributed by atoms with E-state index < -0.39 is 6.09 Å². The fraction of sp³-hybridized carbons (Fsp3) is 0.562. The van der Waals surface area contributed by atoms with E-state index in [0.717, 1.165) is 31.6 Å². The summed E-state index contributed by atoms with van der Waals surface area (Å²) in [6.45, 7) is 1.66. The molecule has 23 heavy (non-hydrogen) atoms. The summed E-state index contributed by atoms with van der Waals surface area (Å²) in [5.41, 5.74) is 0.957. The lowest BCUT2D eigenvalue weighted by Gasteiger charge is -2.36. The molecular formula is C16H20N4O3. The van der Waals surface area contributed by atoms with Crippen molar-refractivity contribution in [2.45, 2.75) is 37.8 Å². The number of ether oxygens (including phenoxy) is 1. The number of amides is 1. The maximum Gasteiger partial charge on any atom is 0.404 e. The lowest BCUT2D eigenvalue weighted by atomic mass is 9.89. The van der Waals surface area contributed by atoms with Crippen molar-refractivity contribution >= 4 is 11.8 Å². The second kappa shape index (κ2) is 6.73. The maximum atomic E-state index is 10.6. The normalized spacial score (nSPS) is 24.4. The van der Waals surface area contributed by atoms with Crippen LogP contribution < -0.4 is 15.0 Å².